The van der Waals surface area contributed by atoms with Gasteiger partial charge in [-0.1, -0.05) is 36.4 Å². The number of hydrogen-bond acceptors (Lipinski definition) is 5. The first-order chi connectivity index (χ1) is 11.5. The number of carbonyl (C=O) groups is 2. The van der Waals surface area contributed by atoms with E-state index >= 15 is 0 Å². The number of carboxylic acids is 1. The monoisotopic (exact) mass is 330 g/mol. The highest BCUT2D eigenvalue weighted by Gasteiger charge is 2.31. The van der Waals surface area contributed by atoms with Gasteiger partial charge in [-0.05, 0) is 18.6 Å². The number of carbonyl (C=O) groups excluding carboxylic acids is 1. The zero-order chi connectivity index (χ0) is 17.5. The van der Waals surface area contributed by atoms with E-state index in [1.54, 1.807) is 43.3 Å². The van der Waals surface area contributed by atoms with Crippen LogP contribution in [0.15, 0.2) is 48.7 Å². The van der Waals surface area contributed by atoms with Crippen LogP contribution in [0.2, 0.25) is 0 Å². The quantitative estimate of drug-likeness (QED) is 0.745. The van der Waals surface area contributed by atoms with Crippen LogP contribution in [0.3, 0.4) is 0 Å². The number of aryl methyl sites for hydroxylation is 1. The number of alkyl carbamates (subject to hydrolysis) is 1. The van der Waals surface area contributed by atoms with E-state index < -0.39 is 24.2 Å². The number of nitrogens with one attached hydrogen (secondary N) is 1. The van der Waals surface area contributed by atoms with Crippen LogP contribution in [0.1, 0.15) is 22.9 Å². The predicted molar refractivity (Wildman–Crippen MR) is 85.1 cm³/mol. The second kappa shape index (κ2) is 8.07. The number of aliphatic hydroxyl groups is 1. The third kappa shape index (κ3) is 4.53. The van der Waals surface area contributed by atoms with E-state index in [2.05, 4.69) is 10.3 Å². The average molecular weight is 330 g/mol. The van der Waals surface area contributed by atoms with Crippen molar-refractivity contribution in [2.24, 2.45) is 0 Å². The molecule has 7 nitrogen and oxygen atoms in total. The molecule has 1 aromatic carbocycles. The maximum absolute atomic E-state index is 11.8. The van der Waals surface area contributed by atoms with Gasteiger partial charge in [-0.2, -0.15) is 0 Å². The molecule has 2 rings (SSSR count). The molecule has 0 spiro atoms. The summed E-state index contributed by atoms with van der Waals surface area (Å²) < 4.78 is 4.98. The van der Waals surface area contributed by atoms with Gasteiger partial charge in [0.05, 0.1) is 0 Å². The van der Waals surface area contributed by atoms with Crippen LogP contribution in [-0.2, 0) is 16.1 Å². The number of rotatable bonds is 6. The molecule has 126 valence electrons. The fraction of sp³-hybridized carbons (Fsp3) is 0.235. The minimum Gasteiger partial charge on any atom is -0.480 e. The Bertz CT molecular complexity index is 705. The molecule has 7 heteroatoms. The number of benzene rings is 1. The van der Waals surface area contributed by atoms with Crippen molar-refractivity contribution < 1.29 is 24.5 Å². The molecule has 0 saturated carbocycles. The van der Waals surface area contributed by atoms with E-state index in [1.807, 2.05) is 6.07 Å². The lowest BCUT2D eigenvalue weighted by molar-refractivity contribution is -0.142. The smallest absolute Gasteiger partial charge is 0.408 e. The molecule has 0 radical (unpaired) electrons. The lowest BCUT2D eigenvalue weighted by atomic mass is 10.0. The van der Waals surface area contributed by atoms with Crippen molar-refractivity contribution >= 4 is 12.1 Å². The summed E-state index contributed by atoms with van der Waals surface area (Å²) in [5.74, 6) is -1.37. The van der Waals surface area contributed by atoms with Gasteiger partial charge in [0.15, 0.2) is 6.04 Å². The first-order valence-electron chi connectivity index (χ1n) is 7.28. The summed E-state index contributed by atoms with van der Waals surface area (Å²) in [5.41, 5.74) is 1.58. The number of amides is 1. The van der Waals surface area contributed by atoms with Crippen molar-refractivity contribution in [3.63, 3.8) is 0 Å². The Hall–Kier alpha value is -2.93. The van der Waals surface area contributed by atoms with Crippen LogP contribution < -0.4 is 5.32 Å². The molecule has 0 aliphatic heterocycles. The Morgan fingerprint density at radius 3 is 2.54 bits per heavy atom. The molecule has 0 aliphatic carbocycles. The van der Waals surface area contributed by atoms with Crippen LogP contribution in [0.5, 0.6) is 0 Å². The molecule has 0 fully saturated rings. The number of carboxylic acid groups (broad SMARTS) is 1. The number of aliphatic carboxylic acids is 1. The van der Waals surface area contributed by atoms with Gasteiger partial charge in [0.1, 0.15) is 12.7 Å². The first-order valence-corrected chi connectivity index (χ1v) is 7.28. The van der Waals surface area contributed by atoms with Gasteiger partial charge in [0.2, 0.25) is 0 Å². The summed E-state index contributed by atoms with van der Waals surface area (Å²) in [7, 11) is 0. The maximum Gasteiger partial charge on any atom is 0.408 e. The van der Waals surface area contributed by atoms with E-state index in [0.29, 0.717) is 11.3 Å². The van der Waals surface area contributed by atoms with Crippen molar-refractivity contribution in [2.75, 3.05) is 0 Å². The number of aliphatic hydroxyl groups excluding tert-OH is 1. The van der Waals surface area contributed by atoms with Gasteiger partial charge in [-0.3, -0.25) is 4.98 Å². The highest BCUT2D eigenvalue weighted by Crippen LogP contribution is 2.19. The van der Waals surface area contributed by atoms with Crippen molar-refractivity contribution in [3.05, 3.63) is 65.5 Å². The van der Waals surface area contributed by atoms with Gasteiger partial charge in [0.25, 0.3) is 0 Å². The van der Waals surface area contributed by atoms with Crippen molar-refractivity contribution in [1.82, 2.24) is 10.3 Å². The Morgan fingerprint density at radius 2 is 1.92 bits per heavy atom. The van der Waals surface area contributed by atoms with Crippen molar-refractivity contribution in [2.45, 2.75) is 25.7 Å². The summed E-state index contributed by atoms with van der Waals surface area (Å²) in [5, 5.41) is 21.7. The summed E-state index contributed by atoms with van der Waals surface area (Å²) in [4.78, 5) is 27.2. The molecule has 0 aliphatic rings. The molecule has 1 heterocycles. The SMILES string of the molecule is Cc1ncccc1[C@H](O)[C@@H](NC(=O)OCc1ccccc1)C(=O)O. The summed E-state index contributed by atoms with van der Waals surface area (Å²) in [6, 6.07) is 10.6. The highest BCUT2D eigenvalue weighted by molar-refractivity contribution is 5.80. The zero-order valence-corrected chi connectivity index (χ0v) is 13.0. The normalized spacial score (nSPS) is 12.9. The number of hydrogen-bond donors (Lipinski definition) is 3. The third-order valence-corrected chi connectivity index (χ3v) is 3.43. The molecule has 0 unspecified atom stereocenters. The molecule has 1 aromatic heterocycles. The third-order valence-electron chi connectivity index (χ3n) is 3.43. The lowest BCUT2D eigenvalue weighted by Crippen LogP contribution is -2.45. The standard InChI is InChI=1S/C17H18N2O5/c1-11-13(8-5-9-18-11)15(20)14(16(21)22)19-17(23)24-10-12-6-3-2-4-7-12/h2-9,14-15,20H,10H2,1H3,(H,19,23)(H,21,22)/t14-,15+/m1/s1. The number of aromatic nitrogens is 1. The summed E-state index contributed by atoms with van der Waals surface area (Å²) in [6.45, 7) is 1.65. The topological polar surface area (TPSA) is 109 Å². The van der Waals surface area contributed by atoms with Gasteiger partial charge in [-0.25, -0.2) is 9.59 Å². The van der Waals surface area contributed by atoms with E-state index in [1.165, 1.54) is 6.20 Å². The number of pyridine rings is 1. The van der Waals surface area contributed by atoms with Crippen LogP contribution >= 0.6 is 0 Å². The van der Waals surface area contributed by atoms with E-state index in [4.69, 9.17) is 4.74 Å². The summed E-state index contributed by atoms with van der Waals surface area (Å²) >= 11 is 0. The van der Waals surface area contributed by atoms with E-state index in [9.17, 15) is 19.8 Å². The molecule has 1 amide bonds. The van der Waals surface area contributed by atoms with E-state index in [-0.39, 0.29) is 6.61 Å². The van der Waals surface area contributed by atoms with Crippen molar-refractivity contribution in [3.8, 4) is 0 Å². The largest absolute Gasteiger partial charge is 0.480 e. The molecular formula is C17H18N2O5. The molecule has 24 heavy (non-hydrogen) atoms. The van der Waals surface area contributed by atoms with Gasteiger partial charge < -0.3 is 20.3 Å². The second-order valence-electron chi connectivity index (χ2n) is 5.14. The lowest BCUT2D eigenvalue weighted by Gasteiger charge is -2.21. The van der Waals surface area contributed by atoms with Gasteiger partial charge >= 0.3 is 12.1 Å². The Labute approximate surface area is 138 Å². The van der Waals surface area contributed by atoms with Crippen molar-refractivity contribution in [1.29, 1.82) is 0 Å². The van der Waals surface area contributed by atoms with Crippen LogP contribution in [0, 0.1) is 6.92 Å². The highest BCUT2D eigenvalue weighted by atomic mass is 16.5. The molecule has 0 saturated heterocycles. The number of nitrogens with zero attached hydrogens (tertiary/aromatic N) is 1. The Balaban J connectivity index is 2.01. The zero-order valence-electron chi connectivity index (χ0n) is 13.0. The van der Waals surface area contributed by atoms with Gasteiger partial charge in [-0.15, -0.1) is 0 Å². The van der Waals surface area contributed by atoms with Crippen LogP contribution in [-0.4, -0.2) is 33.3 Å². The molecular weight excluding hydrogens is 312 g/mol. The maximum atomic E-state index is 11.8. The molecule has 3 N–H and O–H groups in total. The van der Waals surface area contributed by atoms with Crippen LogP contribution in [0.25, 0.3) is 0 Å². The predicted octanol–water partition coefficient (Wildman–Crippen LogP) is 1.80. The fourth-order valence-electron chi connectivity index (χ4n) is 2.16. The van der Waals surface area contributed by atoms with E-state index in [0.717, 1.165) is 5.56 Å². The fourth-order valence-corrected chi connectivity index (χ4v) is 2.16. The minimum absolute atomic E-state index is 0.00102. The molecule has 0 bridgehead atoms. The Kier molecular flexibility index (Phi) is 5.86. The van der Waals surface area contributed by atoms with Crippen LogP contribution in [0.4, 0.5) is 4.79 Å². The minimum atomic E-state index is -1.55. The molecule has 2 atom stereocenters. The second-order valence-corrected chi connectivity index (χ2v) is 5.14. The first kappa shape index (κ1) is 17.4. The average Bonchev–Trinajstić information content (AvgIpc) is 2.58. The number of ether oxygens (including phenoxy) is 1. The molecule has 2 aromatic rings. The Morgan fingerprint density at radius 1 is 1.21 bits per heavy atom. The van der Waals surface area contributed by atoms with Gasteiger partial charge in [0, 0.05) is 17.5 Å². The summed E-state index contributed by atoms with van der Waals surface area (Å²) in [6.07, 6.45) is -0.838.